The van der Waals surface area contributed by atoms with E-state index < -0.39 is 11.9 Å². The van der Waals surface area contributed by atoms with Gasteiger partial charge in [0, 0.05) is 11.6 Å². The number of aryl methyl sites for hydroxylation is 1. The molecule has 1 aliphatic carbocycles. The van der Waals surface area contributed by atoms with Gasteiger partial charge in [-0.25, -0.2) is 0 Å². The van der Waals surface area contributed by atoms with Gasteiger partial charge in [-0.2, -0.15) is 0 Å². The van der Waals surface area contributed by atoms with Crippen molar-refractivity contribution < 1.29 is 19.8 Å². The predicted molar refractivity (Wildman–Crippen MR) is 73.7 cm³/mol. The van der Waals surface area contributed by atoms with Crippen molar-refractivity contribution in [3.63, 3.8) is 0 Å². The summed E-state index contributed by atoms with van der Waals surface area (Å²) < 4.78 is 0. The Morgan fingerprint density at radius 1 is 1.25 bits per heavy atom. The zero-order chi connectivity index (χ0) is 14.7. The van der Waals surface area contributed by atoms with Crippen LogP contribution < -0.4 is 5.32 Å². The van der Waals surface area contributed by atoms with Gasteiger partial charge in [0.05, 0.1) is 5.92 Å². The molecule has 2 unspecified atom stereocenters. The number of nitrogens with one attached hydrogen (secondary N) is 1. The number of phenols is 1. The first kappa shape index (κ1) is 14.4. The highest BCUT2D eigenvalue weighted by molar-refractivity contribution is 5.95. The summed E-state index contributed by atoms with van der Waals surface area (Å²) in [5.41, 5.74) is 1.05. The quantitative estimate of drug-likeness (QED) is 0.789. The van der Waals surface area contributed by atoms with Crippen molar-refractivity contribution >= 4 is 11.9 Å². The molecular formula is C15H19NO4. The van der Waals surface area contributed by atoms with Crippen LogP contribution in [0.4, 0.5) is 0 Å². The molecule has 1 saturated carbocycles. The summed E-state index contributed by atoms with van der Waals surface area (Å²) >= 11 is 0. The molecule has 5 nitrogen and oxygen atoms in total. The van der Waals surface area contributed by atoms with Crippen LogP contribution in [0.5, 0.6) is 5.75 Å². The summed E-state index contributed by atoms with van der Waals surface area (Å²) in [4.78, 5) is 23.3. The molecule has 1 aromatic carbocycles. The number of carbonyl (C=O) groups excluding carboxylic acids is 1. The Labute approximate surface area is 117 Å². The van der Waals surface area contributed by atoms with Crippen molar-refractivity contribution in [1.29, 1.82) is 0 Å². The number of phenolic OH excluding ortho intramolecular Hbond substituents is 1. The van der Waals surface area contributed by atoms with Gasteiger partial charge >= 0.3 is 5.97 Å². The first-order valence-electron chi connectivity index (χ1n) is 6.82. The number of carboxylic acid groups (broad SMARTS) is 1. The van der Waals surface area contributed by atoms with Crippen LogP contribution in [0, 0.1) is 12.8 Å². The molecule has 3 N–H and O–H groups in total. The van der Waals surface area contributed by atoms with E-state index in [1.807, 2.05) is 0 Å². The molecule has 2 atom stereocenters. The fourth-order valence-electron chi connectivity index (χ4n) is 2.60. The molecule has 0 bridgehead atoms. The standard InChI is InChI=1S/C15H19NO4/c1-9-6-7-10(8-13(9)17)14(18)16-12-5-3-2-4-11(12)15(19)20/h6-8,11-12,17H,2-5H2,1H3,(H,16,18)(H,19,20). The fraction of sp³-hybridized carbons (Fsp3) is 0.467. The van der Waals surface area contributed by atoms with E-state index in [9.17, 15) is 19.8 Å². The zero-order valence-electron chi connectivity index (χ0n) is 11.4. The Hall–Kier alpha value is -2.04. The third kappa shape index (κ3) is 3.10. The van der Waals surface area contributed by atoms with E-state index in [0.717, 1.165) is 12.8 Å². The lowest BCUT2D eigenvalue weighted by atomic mass is 9.84. The minimum absolute atomic E-state index is 0.0658. The average Bonchev–Trinajstić information content (AvgIpc) is 2.42. The maximum absolute atomic E-state index is 12.1. The zero-order valence-corrected chi connectivity index (χ0v) is 11.4. The smallest absolute Gasteiger partial charge is 0.308 e. The van der Waals surface area contributed by atoms with Gasteiger partial charge < -0.3 is 15.5 Å². The fourth-order valence-corrected chi connectivity index (χ4v) is 2.60. The van der Waals surface area contributed by atoms with Gasteiger partial charge in [0.1, 0.15) is 5.75 Å². The highest BCUT2D eigenvalue weighted by Gasteiger charge is 2.31. The van der Waals surface area contributed by atoms with Crippen LogP contribution >= 0.6 is 0 Å². The molecule has 0 aliphatic heterocycles. The normalized spacial score (nSPS) is 22.2. The van der Waals surface area contributed by atoms with Crippen LogP contribution in [0.25, 0.3) is 0 Å². The molecule has 1 aromatic rings. The predicted octanol–water partition coefficient (Wildman–Crippen LogP) is 2.07. The lowest BCUT2D eigenvalue weighted by molar-refractivity contribution is -0.143. The summed E-state index contributed by atoms with van der Waals surface area (Å²) in [5, 5.41) is 21.6. The molecule has 5 heteroatoms. The minimum atomic E-state index is -0.859. The van der Waals surface area contributed by atoms with E-state index in [0.29, 0.717) is 24.0 Å². The summed E-state index contributed by atoms with van der Waals surface area (Å²) in [6, 6.07) is 4.36. The second kappa shape index (κ2) is 5.94. The lowest BCUT2D eigenvalue weighted by Crippen LogP contribution is -2.45. The number of carbonyl (C=O) groups is 2. The van der Waals surface area contributed by atoms with Gasteiger partial charge in [-0.05, 0) is 37.5 Å². The highest BCUT2D eigenvalue weighted by atomic mass is 16.4. The van der Waals surface area contributed by atoms with Crippen LogP contribution in [0.2, 0.25) is 0 Å². The van der Waals surface area contributed by atoms with E-state index in [2.05, 4.69) is 5.32 Å². The number of rotatable bonds is 3. The third-order valence-electron chi connectivity index (χ3n) is 3.87. The minimum Gasteiger partial charge on any atom is -0.508 e. The molecule has 20 heavy (non-hydrogen) atoms. The van der Waals surface area contributed by atoms with E-state index in [-0.39, 0.29) is 17.7 Å². The van der Waals surface area contributed by atoms with Crippen molar-refractivity contribution in [3.05, 3.63) is 29.3 Å². The van der Waals surface area contributed by atoms with Crippen LogP contribution in [0.15, 0.2) is 18.2 Å². The van der Waals surface area contributed by atoms with E-state index in [4.69, 9.17) is 0 Å². The number of amides is 1. The Morgan fingerprint density at radius 3 is 2.60 bits per heavy atom. The van der Waals surface area contributed by atoms with Gasteiger partial charge in [0.2, 0.25) is 0 Å². The van der Waals surface area contributed by atoms with Crippen molar-refractivity contribution in [2.45, 2.75) is 38.6 Å². The molecular weight excluding hydrogens is 258 g/mol. The Morgan fingerprint density at radius 2 is 1.95 bits per heavy atom. The lowest BCUT2D eigenvalue weighted by Gasteiger charge is -2.29. The number of hydrogen-bond donors (Lipinski definition) is 3. The number of hydrogen-bond acceptors (Lipinski definition) is 3. The number of carboxylic acids is 1. The monoisotopic (exact) mass is 277 g/mol. The molecule has 1 aliphatic rings. The number of aromatic hydroxyl groups is 1. The molecule has 0 aromatic heterocycles. The molecule has 1 amide bonds. The average molecular weight is 277 g/mol. The van der Waals surface area contributed by atoms with Gasteiger partial charge in [-0.1, -0.05) is 18.9 Å². The van der Waals surface area contributed by atoms with Gasteiger partial charge in [0.25, 0.3) is 5.91 Å². The van der Waals surface area contributed by atoms with Crippen molar-refractivity contribution in [2.75, 3.05) is 0 Å². The van der Waals surface area contributed by atoms with Crippen molar-refractivity contribution in [1.82, 2.24) is 5.32 Å². The van der Waals surface area contributed by atoms with Crippen molar-refractivity contribution in [2.24, 2.45) is 5.92 Å². The van der Waals surface area contributed by atoms with Crippen molar-refractivity contribution in [3.8, 4) is 5.75 Å². The van der Waals surface area contributed by atoms with Crippen LogP contribution in [0.1, 0.15) is 41.6 Å². The first-order valence-corrected chi connectivity index (χ1v) is 6.82. The number of benzene rings is 1. The topological polar surface area (TPSA) is 86.6 Å². The summed E-state index contributed by atoms with van der Waals surface area (Å²) in [6.07, 6.45) is 3.09. The summed E-state index contributed by atoms with van der Waals surface area (Å²) in [5.74, 6) is -1.65. The largest absolute Gasteiger partial charge is 0.508 e. The second-order valence-corrected chi connectivity index (χ2v) is 5.31. The Kier molecular flexibility index (Phi) is 4.27. The molecule has 0 radical (unpaired) electrons. The van der Waals surface area contributed by atoms with Gasteiger partial charge in [0.15, 0.2) is 0 Å². The molecule has 2 rings (SSSR count). The van der Waals surface area contributed by atoms with Crippen LogP contribution in [-0.2, 0) is 4.79 Å². The Balaban J connectivity index is 2.09. The number of aliphatic carboxylic acids is 1. The Bertz CT molecular complexity index is 527. The maximum Gasteiger partial charge on any atom is 0.308 e. The SMILES string of the molecule is Cc1ccc(C(=O)NC2CCCCC2C(=O)O)cc1O. The second-order valence-electron chi connectivity index (χ2n) is 5.31. The first-order chi connectivity index (χ1) is 9.49. The maximum atomic E-state index is 12.1. The van der Waals surface area contributed by atoms with Crippen LogP contribution in [-0.4, -0.2) is 28.1 Å². The van der Waals surface area contributed by atoms with Gasteiger partial charge in [-0.15, -0.1) is 0 Å². The van der Waals surface area contributed by atoms with E-state index in [1.165, 1.54) is 6.07 Å². The molecule has 108 valence electrons. The highest BCUT2D eigenvalue weighted by Crippen LogP contribution is 2.25. The van der Waals surface area contributed by atoms with E-state index >= 15 is 0 Å². The molecule has 0 heterocycles. The third-order valence-corrected chi connectivity index (χ3v) is 3.87. The van der Waals surface area contributed by atoms with E-state index in [1.54, 1.807) is 19.1 Å². The van der Waals surface area contributed by atoms with Gasteiger partial charge in [-0.3, -0.25) is 9.59 Å². The molecule has 1 fully saturated rings. The van der Waals surface area contributed by atoms with Crippen LogP contribution in [0.3, 0.4) is 0 Å². The summed E-state index contributed by atoms with van der Waals surface area (Å²) in [6.45, 7) is 1.75. The molecule has 0 saturated heterocycles. The summed E-state index contributed by atoms with van der Waals surface area (Å²) in [7, 11) is 0. The molecule has 0 spiro atoms.